The first kappa shape index (κ1) is 15.0. The molecule has 2 rings (SSSR count). The second-order valence-corrected chi connectivity index (χ2v) is 7.08. The predicted octanol–water partition coefficient (Wildman–Crippen LogP) is 2.12. The molecule has 1 heterocycles. The molecule has 0 saturated carbocycles. The zero-order chi connectivity index (χ0) is 14.8. The minimum Gasteiger partial charge on any atom is -0.459 e. The van der Waals surface area contributed by atoms with Gasteiger partial charge in [0.15, 0.2) is 0 Å². The lowest BCUT2D eigenvalue weighted by atomic mass is 9.95. The molecule has 0 N–H and O–H groups in total. The van der Waals surface area contributed by atoms with Gasteiger partial charge in [-0.05, 0) is 38.8 Å². The smallest absolute Gasteiger partial charge is 0.309 e. The predicted molar refractivity (Wildman–Crippen MR) is 72.5 cm³/mol. The summed E-state index contributed by atoms with van der Waals surface area (Å²) >= 11 is 0. The number of ether oxygens (including phenoxy) is 1. The standard InChI is InChI=1S/C14H18O5S/c1-14(2)10-11(13(15)19-14)8-9-18-20(16,17)12-6-4-3-5-7-12/h3-7,11H,8-10H2,1-2H3. The molecule has 5 nitrogen and oxygen atoms in total. The van der Waals surface area contributed by atoms with Crippen molar-refractivity contribution < 1.29 is 22.1 Å². The summed E-state index contributed by atoms with van der Waals surface area (Å²) in [4.78, 5) is 11.7. The lowest BCUT2D eigenvalue weighted by molar-refractivity contribution is -0.148. The maximum absolute atomic E-state index is 11.9. The van der Waals surface area contributed by atoms with Crippen LogP contribution in [0.5, 0.6) is 0 Å². The van der Waals surface area contributed by atoms with Crippen molar-refractivity contribution >= 4 is 16.1 Å². The fourth-order valence-electron chi connectivity index (χ4n) is 2.25. The van der Waals surface area contributed by atoms with Gasteiger partial charge in [0.25, 0.3) is 10.1 Å². The zero-order valence-electron chi connectivity index (χ0n) is 11.5. The van der Waals surface area contributed by atoms with Gasteiger partial charge in [-0.3, -0.25) is 8.98 Å². The second-order valence-electron chi connectivity index (χ2n) is 5.46. The molecule has 6 heteroatoms. The molecule has 110 valence electrons. The number of hydrogen-bond donors (Lipinski definition) is 0. The van der Waals surface area contributed by atoms with Crippen LogP contribution in [0.2, 0.25) is 0 Å². The molecule has 1 fully saturated rings. The summed E-state index contributed by atoms with van der Waals surface area (Å²) in [5, 5.41) is 0. The van der Waals surface area contributed by atoms with E-state index in [-0.39, 0.29) is 23.4 Å². The highest BCUT2D eigenvalue weighted by Gasteiger charge is 2.39. The van der Waals surface area contributed by atoms with Gasteiger partial charge in [0.2, 0.25) is 0 Å². The summed E-state index contributed by atoms with van der Waals surface area (Å²) in [6.07, 6.45) is 0.926. The van der Waals surface area contributed by atoms with Crippen LogP contribution in [0.3, 0.4) is 0 Å². The molecule has 0 spiro atoms. The van der Waals surface area contributed by atoms with Gasteiger partial charge in [-0.15, -0.1) is 0 Å². The van der Waals surface area contributed by atoms with Crippen molar-refractivity contribution in [2.24, 2.45) is 5.92 Å². The van der Waals surface area contributed by atoms with E-state index < -0.39 is 15.7 Å². The fourth-order valence-corrected chi connectivity index (χ4v) is 3.19. The van der Waals surface area contributed by atoms with Crippen molar-refractivity contribution in [1.29, 1.82) is 0 Å². The molecule has 0 bridgehead atoms. The third kappa shape index (κ3) is 3.58. The third-order valence-corrected chi connectivity index (χ3v) is 4.51. The van der Waals surface area contributed by atoms with Crippen LogP contribution < -0.4 is 0 Å². The van der Waals surface area contributed by atoms with Gasteiger partial charge in [0.1, 0.15) is 5.60 Å². The molecule has 1 atom stereocenters. The zero-order valence-corrected chi connectivity index (χ0v) is 12.4. The quantitative estimate of drug-likeness (QED) is 0.615. The summed E-state index contributed by atoms with van der Waals surface area (Å²) in [6, 6.07) is 7.94. The van der Waals surface area contributed by atoms with Crippen LogP contribution in [-0.2, 0) is 23.8 Å². The summed E-state index contributed by atoms with van der Waals surface area (Å²) in [7, 11) is -3.75. The Bertz CT molecular complexity index is 577. The van der Waals surface area contributed by atoms with Gasteiger partial charge in [-0.25, -0.2) is 0 Å². The van der Waals surface area contributed by atoms with Crippen LogP contribution >= 0.6 is 0 Å². The number of hydrogen-bond acceptors (Lipinski definition) is 5. The first-order valence-corrected chi connectivity index (χ1v) is 7.88. The van der Waals surface area contributed by atoms with Gasteiger partial charge < -0.3 is 4.74 Å². The van der Waals surface area contributed by atoms with E-state index in [0.717, 1.165) is 0 Å². The van der Waals surface area contributed by atoms with Crippen molar-refractivity contribution in [3.05, 3.63) is 30.3 Å². The number of cyclic esters (lactones) is 1. The maximum atomic E-state index is 11.9. The van der Waals surface area contributed by atoms with Gasteiger partial charge in [-0.1, -0.05) is 18.2 Å². The van der Waals surface area contributed by atoms with E-state index in [1.54, 1.807) is 18.2 Å². The Balaban J connectivity index is 1.89. The summed E-state index contributed by atoms with van der Waals surface area (Å²) < 4.78 is 33.9. The molecule has 0 aliphatic carbocycles. The molecule has 1 aromatic carbocycles. The summed E-state index contributed by atoms with van der Waals surface area (Å²) in [5.74, 6) is -0.577. The minimum atomic E-state index is -3.75. The Labute approximate surface area is 119 Å². The van der Waals surface area contributed by atoms with Crippen molar-refractivity contribution in [3.63, 3.8) is 0 Å². The van der Waals surface area contributed by atoms with E-state index in [2.05, 4.69) is 0 Å². The number of rotatable bonds is 5. The van der Waals surface area contributed by atoms with Gasteiger partial charge in [-0.2, -0.15) is 8.42 Å². The third-order valence-electron chi connectivity index (χ3n) is 3.18. The number of esters is 1. The van der Waals surface area contributed by atoms with Crippen LogP contribution in [0.25, 0.3) is 0 Å². The van der Waals surface area contributed by atoms with Crippen LogP contribution in [0, 0.1) is 5.92 Å². The number of carbonyl (C=O) groups is 1. The average Bonchev–Trinajstić information content (AvgIpc) is 2.63. The number of benzene rings is 1. The molecular formula is C14H18O5S. The molecule has 1 aromatic rings. The van der Waals surface area contributed by atoms with Gasteiger partial charge >= 0.3 is 5.97 Å². The van der Waals surface area contributed by atoms with E-state index >= 15 is 0 Å². The summed E-state index contributed by atoms with van der Waals surface area (Å²) in [6.45, 7) is 3.66. The van der Waals surface area contributed by atoms with Crippen LogP contribution in [0.1, 0.15) is 26.7 Å². The normalized spacial score (nSPS) is 21.7. The highest BCUT2D eigenvalue weighted by molar-refractivity contribution is 7.86. The van der Waals surface area contributed by atoms with Gasteiger partial charge in [0.05, 0.1) is 17.4 Å². The van der Waals surface area contributed by atoms with E-state index in [0.29, 0.717) is 12.8 Å². The first-order valence-electron chi connectivity index (χ1n) is 6.47. The summed E-state index contributed by atoms with van der Waals surface area (Å²) in [5.41, 5.74) is -0.472. The van der Waals surface area contributed by atoms with Crippen molar-refractivity contribution in [3.8, 4) is 0 Å². The Morgan fingerprint density at radius 1 is 1.30 bits per heavy atom. The van der Waals surface area contributed by atoms with E-state index in [1.807, 2.05) is 13.8 Å². The highest BCUT2D eigenvalue weighted by atomic mass is 32.2. The number of carbonyl (C=O) groups excluding carboxylic acids is 1. The van der Waals surface area contributed by atoms with Crippen molar-refractivity contribution in [1.82, 2.24) is 0 Å². The fraction of sp³-hybridized carbons (Fsp3) is 0.500. The Morgan fingerprint density at radius 2 is 1.95 bits per heavy atom. The van der Waals surface area contributed by atoms with E-state index in [1.165, 1.54) is 12.1 Å². The lowest BCUT2D eigenvalue weighted by Gasteiger charge is -2.14. The average molecular weight is 298 g/mol. The second kappa shape index (κ2) is 5.54. The molecule has 1 saturated heterocycles. The molecule has 1 aliphatic heterocycles. The van der Waals surface area contributed by atoms with E-state index in [4.69, 9.17) is 8.92 Å². The topological polar surface area (TPSA) is 69.7 Å². The van der Waals surface area contributed by atoms with Crippen molar-refractivity contribution in [2.75, 3.05) is 6.61 Å². The Hall–Kier alpha value is -1.40. The molecule has 0 amide bonds. The van der Waals surface area contributed by atoms with Crippen LogP contribution in [-0.4, -0.2) is 26.6 Å². The molecule has 1 aliphatic rings. The van der Waals surface area contributed by atoms with Crippen LogP contribution in [0.15, 0.2) is 35.2 Å². The Morgan fingerprint density at radius 3 is 2.50 bits per heavy atom. The molecule has 0 radical (unpaired) electrons. The van der Waals surface area contributed by atoms with E-state index in [9.17, 15) is 13.2 Å². The largest absolute Gasteiger partial charge is 0.459 e. The first-order chi connectivity index (χ1) is 9.30. The monoisotopic (exact) mass is 298 g/mol. The van der Waals surface area contributed by atoms with Gasteiger partial charge in [0, 0.05) is 0 Å². The molecule has 1 unspecified atom stereocenters. The molecule has 20 heavy (non-hydrogen) atoms. The van der Waals surface area contributed by atoms with Crippen LogP contribution in [0.4, 0.5) is 0 Å². The SMILES string of the molecule is CC1(C)CC(CCOS(=O)(=O)c2ccccc2)C(=O)O1. The molecule has 0 aromatic heterocycles. The highest BCUT2D eigenvalue weighted by Crippen LogP contribution is 2.32. The molecular weight excluding hydrogens is 280 g/mol. The Kier molecular flexibility index (Phi) is 4.15. The van der Waals surface area contributed by atoms with Crippen molar-refractivity contribution in [2.45, 2.75) is 37.2 Å². The lowest BCUT2D eigenvalue weighted by Crippen LogP contribution is -2.17. The minimum absolute atomic E-state index is 0.0208. The maximum Gasteiger partial charge on any atom is 0.309 e.